The predicted molar refractivity (Wildman–Crippen MR) is 54.1 cm³/mol. The monoisotopic (exact) mass is 198 g/mol. The molecule has 0 saturated heterocycles. The Morgan fingerprint density at radius 2 is 2.21 bits per heavy atom. The van der Waals surface area contributed by atoms with E-state index in [1.807, 2.05) is 14.1 Å². The summed E-state index contributed by atoms with van der Waals surface area (Å²) in [5.41, 5.74) is 0. The molecular weight excluding hydrogens is 180 g/mol. The number of rotatable bonds is 5. The molecule has 1 aromatic rings. The van der Waals surface area contributed by atoms with Gasteiger partial charge in [0.15, 0.2) is 0 Å². The van der Waals surface area contributed by atoms with Crippen LogP contribution < -0.4 is 10.1 Å². The first-order chi connectivity index (χ1) is 6.63. The predicted octanol–water partition coefficient (Wildman–Crippen LogP) is 0.569. The van der Waals surface area contributed by atoms with Crippen LogP contribution in [0, 0.1) is 5.92 Å². The molecule has 5 nitrogen and oxygen atoms in total. The molecule has 1 N–H and O–H groups in total. The summed E-state index contributed by atoms with van der Waals surface area (Å²) in [4.78, 5) is 4.24. The number of hydrogen-bond donors (Lipinski definition) is 1. The largest absolute Gasteiger partial charge is 0.462 e. The molecule has 5 heteroatoms. The molecule has 80 valence electrons. The van der Waals surface area contributed by atoms with Crippen LogP contribution in [0.15, 0.2) is 0 Å². The Kier molecular flexibility index (Phi) is 3.88. The zero-order valence-electron chi connectivity index (χ0n) is 9.24. The van der Waals surface area contributed by atoms with Gasteiger partial charge in [-0.25, -0.2) is 4.68 Å². The number of hydrogen-bond acceptors (Lipinski definition) is 4. The second-order valence-corrected chi connectivity index (χ2v) is 3.67. The second-order valence-electron chi connectivity index (χ2n) is 3.67. The van der Waals surface area contributed by atoms with Gasteiger partial charge in [0, 0.05) is 7.05 Å². The van der Waals surface area contributed by atoms with Crippen LogP contribution in [-0.4, -0.2) is 28.4 Å². The molecule has 0 radical (unpaired) electrons. The van der Waals surface area contributed by atoms with Crippen LogP contribution >= 0.6 is 0 Å². The maximum Gasteiger partial charge on any atom is 0.335 e. The van der Waals surface area contributed by atoms with Gasteiger partial charge in [-0.05, 0) is 13.0 Å². The van der Waals surface area contributed by atoms with Crippen molar-refractivity contribution < 1.29 is 4.74 Å². The molecule has 1 heterocycles. The fraction of sp³-hybridized carbons (Fsp3) is 0.778. The maximum atomic E-state index is 5.40. The minimum Gasteiger partial charge on any atom is -0.462 e. The maximum absolute atomic E-state index is 5.40. The Balaban J connectivity index is 2.56. The zero-order chi connectivity index (χ0) is 10.6. The van der Waals surface area contributed by atoms with Gasteiger partial charge in [0.05, 0.1) is 13.2 Å². The van der Waals surface area contributed by atoms with E-state index in [1.54, 1.807) is 4.68 Å². The Morgan fingerprint density at radius 3 is 2.79 bits per heavy atom. The van der Waals surface area contributed by atoms with E-state index >= 15 is 0 Å². The molecular formula is C9H18N4O. The van der Waals surface area contributed by atoms with E-state index in [4.69, 9.17) is 4.74 Å². The standard InChI is InChI=1S/C9H18N4O/c1-7(2)6-14-9-11-8(5-10-3)13(4)12-9/h7,10H,5-6H2,1-4H3. The van der Waals surface area contributed by atoms with Crippen molar-refractivity contribution in [2.24, 2.45) is 13.0 Å². The molecule has 0 saturated carbocycles. The fourth-order valence-electron chi connectivity index (χ4n) is 1.01. The first-order valence-corrected chi connectivity index (χ1v) is 4.80. The Labute approximate surface area is 84.5 Å². The minimum absolute atomic E-state index is 0.464. The van der Waals surface area contributed by atoms with E-state index in [0.29, 0.717) is 25.1 Å². The normalized spacial score (nSPS) is 10.9. The van der Waals surface area contributed by atoms with Crippen molar-refractivity contribution in [3.63, 3.8) is 0 Å². The number of aryl methyl sites for hydroxylation is 1. The molecule has 0 fully saturated rings. The van der Waals surface area contributed by atoms with Crippen LogP contribution in [0.5, 0.6) is 6.01 Å². The molecule has 1 aromatic heterocycles. The van der Waals surface area contributed by atoms with E-state index in [1.165, 1.54) is 0 Å². The van der Waals surface area contributed by atoms with E-state index < -0.39 is 0 Å². The molecule has 0 spiro atoms. The number of nitrogens with one attached hydrogen (secondary N) is 1. The van der Waals surface area contributed by atoms with E-state index in [0.717, 1.165) is 5.82 Å². The summed E-state index contributed by atoms with van der Waals surface area (Å²) in [6, 6.07) is 0.464. The third kappa shape index (κ3) is 2.99. The van der Waals surface area contributed by atoms with Gasteiger partial charge in [-0.15, -0.1) is 5.10 Å². The van der Waals surface area contributed by atoms with Crippen molar-refractivity contribution in [1.29, 1.82) is 0 Å². The third-order valence-corrected chi connectivity index (χ3v) is 1.71. The average Bonchev–Trinajstić information content (AvgIpc) is 2.45. The molecule has 14 heavy (non-hydrogen) atoms. The van der Waals surface area contributed by atoms with E-state index in [2.05, 4.69) is 29.2 Å². The quantitative estimate of drug-likeness (QED) is 0.751. The van der Waals surface area contributed by atoms with E-state index in [9.17, 15) is 0 Å². The molecule has 0 atom stereocenters. The molecule has 0 aliphatic rings. The summed E-state index contributed by atoms with van der Waals surface area (Å²) >= 11 is 0. The molecule has 1 rings (SSSR count). The van der Waals surface area contributed by atoms with Crippen LogP contribution in [0.1, 0.15) is 19.7 Å². The Hall–Kier alpha value is -1.10. The van der Waals surface area contributed by atoms with Gasteiger partial charge in [-0.1, -0.05) is 13.8 Å². The topological polar surface area (TPSA) is 52.0 Å². The van der Waals surface area contributed by atoms with Gasteiger partial charge in [0.2, 0.25) is 0 Å². The highest BCUT2D eigenvalue weighted by molar-refractivity contribution is 4.96. The van der Waals surface area contributed by atoms with Crippen molar-refractivity contribution >= 4 is 0 Å². The van der Waals surface area contributed by atoms with Crippen molar-refractivity contribution in [3.8, 4) is 6.01 Å². The minimum atomic E-state index is 0.464. The Bertz CT molecular complexity index is 282. The summed E-state index contributed by atoms with van der Waals surface area (Å²) < 4.78 is 7.13. The summed E-state index contributed by atoms with van der Waals surface area (Å²) in [6.45, 7) is 5.55. The molecule has 0 aromatic carbocycles. The van der Waals surface area contributed by atoms with Crippen LogP contribution in [0.3, 0.4) is 0 Å². The number of ether oxygens (including phenoxy) is 1. The van der Waals surface area contributed by atoms with Crippen molar-refractivity contribution in [3.05, 3.63) is 5.82 Å². The summed E-state index contributed by atoms with van der Waals surface area (Å²) in [6.07, 6.45) is 0. The molecule has 0 aliphatic carbocycles. The van der Waals surface area contributed by atoms with Gasteiger partial charge >= 0.3 is 6.01 Å². The third-order valence-electron chi connectivity index (χ3n) is 1.71. The lowest BCUT2D eigenvalue weighted by Crippen LogP contribution is -2.10. The lowest BCUT2D eigenvalue weighted by molar-refractivity contribution is 0.250. The summed E-state index contributed by atoms with van der Waals surface area (Å²) in [5, 5.41) is 7.17. The van der Waals surface area contributed by atoms with Crippen LogP contribution in [0.2, 0.25) is 0 Å². The fourth-order valence-corrected chi connectivity index (χ4v) is 1.01. The van der Waals surface area contributed by atoms with Crippen LogP contribution in [0.25, 0.3) is 0 Å². The molecule has 0 unspecified atom stereocenters. The van der Waals surface area contributed by atoms with Gasteiger partial charge in [-0.3, -0.25) is 0 Å². The zero-order valence-corrected chi connectivity index (χ0v) is 9.24. The van der Waals surface area contributed by atoms with Gasteiger partial charge < -0.3 is 10.1 Å². The van der Waals surface area contributed by atoms with E-state index in [-0.39, 0.29) is 0 Å². The molecule has 0 amide bonds. The highest BCUT2D eigenvalue weighted by Gasteiger charge is 2.07. The molecule has 0 aliphatic heterocycles. The summed E-state index contributed by atoms with van der Waals surface area (Å²) in [7, 11) is 3.74. The van der Waals surface area contributed by atoms with Gasteiger partial charge in [-0.2, -0.15) is 4.98 Å². The second kappa shape index (κ2) is 4.95. The van der Waals surface area contributed by atoms with Gasteiger partial charge in [0.25, 0.3) is 0 Å². The lowest BCUT2D eigenvalue weighted by Gasteiger charge is -2.02. The number of nitrogens with zero attached hydrogens (tertiary/aromatic N) is 3. The Morgan fingerprint density at radius 1 is 1.50 bits per heavy atom. The van der Waals surface area contributed by atoms with Crippen LogP contribution in [-0.2, 0) is 13.6 Å². The lowest BCUT2D eigenvalue weighted by atomic mass is 10.2. The SMILES string of the molecule is CNCc1nc(OCC(C)C)nn1C. The van der Waals surface area contributed by atoms with Crippen molar-refractivity contribution in [1.82, 2.24) is 20.1 Å². The smallest absolute Gasteiger partial charge is 0.335 e. The number of aromatic nitrogens is 3. The first-order valence-electron chi connectivity index (χ1n) is 4.80. The van der Waals surface area contributed by atoms with Gasteiger partial charge in [0.1, 0.15) is 5.82 Å². The van der Waals surface area contributed by atoms with Crippen LogP contribution in [0.4, 0.5) is 0 Å². The average molecular weight is 198 g/mol. The van der Waals surface area contributed by atoms with Crippen molar-refractivity contribution in [2.45, 2.75) is 20.4 Å². The highest BCUT2D eigenvalue weighted by atomic mass is 16.5. The first kappa shape index (κ1) is 11.0. The highest BCUT2D eigenvalue weighted by Crippen LogP contribution is 2.05. The van der Waals surface area contributed by atoms with Crippen molar-refractivity contribution in [2.75, 3.05) is 13.7 Å². The summed E-state index contributed by atoms with van der Waals surface area (Å²) in [5.74, 6) is 1.37. The molecule has 0 bridgehead atoms.